The van der Waals surface area contributed by atoms with E-state index in [0.29, 0.717) is 46.4 Å². The minimum absolute atomic E-state index is 0.155. The smallest absolute Gasteiger partial charge is 0.278 e. The van der Waals surface area contributed by atoms with E-state index in [-0.39, 0.29) is 30.8 Å². The number of rotatable bonds is 7. The first-order valence-electron chi connectivity index (χ1n) is 9.10. The molecule has 0 spiro atoms. The number of amides is 2. The molecule has 0 bridgehead atoms. The number of ether oxygens (including phenoxy) is 3. The van der Waals surface area contributed by atoms with Crippen molar-refractivity contribution in [3.05, 3.63) is 58.7 Å². The van der Waals surface area contributed by atoms with Crippen molar-refractivity contribution < 1.29 is 23.8 Å². The Morgan fingerprint density at radius 1 is 1.07 bits per heavy atom. The number of hydrogen-bond donors (Lipinski definition) is 1. The summed E-state index contributed by atoms with van der Waals surface area (Å²) in [7, 11) is 1.58. The standard InChI is InChI=1S/C21H19ClN2O5/c1-27-10-2-9-24-20(25)18(13-3-5-14(22)6-4-13)19(21(24)26)23-15-7-8-16-17(11-15)29-12-28-16/h3-8,11,23H,2,9-10,12H2,1H3. The lowest BCUT2D eigenvalue weighted by molar-refractivity contribution is -0.136. The summed E-state index contributed by atoms with van der Waals surface area (Å²) in [6, 6.07) is 12.1. The molecule has 0 aliphatic carbocycles. The van der Waals surface area contributed by atoms with Crippen LogP contribution in [0.5, 0.6) is 11.5 Å². The Hall–Kier alpha value is -3.03. The zero-order valence-electron chi connectivity index (χ0n) is 15.7. The number of nitrogens with zero attached hydrogens (tertiary/aromatic N) is 1. The molecular formula is C21H19ClN2O5. The Kier molecular flexibility index (Phi) is 5.42. The monoisotopic (exact) mass is 414 g/mol. The number of carbonyl (C=O) groups excluding carboxylic acids is 2. The van der Waals surface area contributed by atoms with E-state index in [1.807, 2.05) is 0 Å². The molecule has 0 saturated carbocycles. The molecule has 2 aliphatic heterocycles. The minimum Gasteiger partial charge on any atom is -0.454 e. The van der Waals surface area contributed by atoms with Crippen molar-refractivity contribution in [3.8, 4) is 11.5 Å². The van der Waals surface area contributed by atoms with Gasteiger partial charge in [-0.2, -0.15) is 0 Å². The molecule has 2 aromatic rings. The van der Waals surface area contributed by atoms with Gasteiger partial charge in [0.2, 0.25) is 6.79 Å². The Morgan fingerprint density at radius 2 is 1.83 bits per heavy atom. The number of benzene rings is 2. The van der Waals surface area contributed by atoms with Crippen molar-refractivity contribution in [2.75, 3.05) is 32.4 Å². The predicted octanol–water partition coefficient (Wildman–Crippen LogP) is 3.30. The van der Waals surface area contributed by atoms with E-state index < -0.39 is 0 Å². The molecule has 0 fully saturated rings. The number of fused-ring (bicyclic) bond motifs is 1. The third-order valence-corrected chi connectivity index (χ3v) is 4.92. The van der Waals surface area contributed by atoms with Crippen LogP contribution >= 0.6 is 11.6 Å². The quantitative estimate of drug-likeness (QED) is 0.553. The molecular weight excluding hydrogens is 396 g/mol. The Morgan fingerprint density at radius 3 is 2.59 bits per heavy atom. The topological polar surface area (TPSA) is 77.1 Å². The molecule has 2 aliphatic rings. The molecule has 7 nitrogen and oxygen atoms in total. The first-order valence-corrected chi connectivity index (χ1v) is 9.48. The maximum absolute atomic E-state index is 13.1. The van der Waals surface area contributed by atoms with Crippen LogP contribution in [0.3, 0.4) is 0 Å². The van der Waals surface area contributed by atoms with Crippen molar-refractivity contribution in [1.29, 1.82) is 0 Å². The zero-order chi connectivity index (χ0) is 20.4. The number of imide groups is 1. The molecule has 2 heterocycles. The van der Waals surface area contributed by atoms with Crippen molar-refractivity contribution in [2.24, 2.45) is 0 Å². The Balaban J connectivity index is 1.69. The third kappa shape index (κ3) is 3.79. The van der Waals surface area contributed by atoms with E-state index in [4.69, 9.17) is 25.8 Å². The lowest BCUT2D eigenvalue weighted by Gasteiger charge is -2.15. The summed E-state index contributed by atoms with van der Waals surface area (Å²) >= 11 is 5.98. The Labute approximate surface area is 172 Å². The van der Waals surface area contributed by atoms with Crippen molar-refractivity contribution in [2.45, 2.75) is 6.42 Å². The highest BCUT2D eigenvalue weighted by atomic mass is 35.5. The van der Waals surface area contributed by atoms with Gasteiger partial charge in [-0.3, -0.25) is 14.5 Å². The van der Waals surface area contributed by atoms with Crippen LogP contribution in [-0.2, 0) is 14.3 Å². The average molecular weight is 415 g/mol. The van der Waals surface area contributed by atoms with Crippen LogP contribution in [-0.4, -0.2) is 43.8 Å². The molecule has 0 atom stereocenters. The van der Waals surface area contributed by atoms with E-state index in [2.05, 4.69) is 5.32 Å². The molecule has 0 radical (unpaired) electrons. The molecule has 2 aromatic carbocycles. The second-order valence-corrected chi connectivity index (χ2v) is 6.99. The van der Waals surface area contributed by atoms with Crippen LogP contribution in [0.15, 0.2) is 48.2 Å². The van der Waals surface area contributed by atoms with Gasteiger partial charge in [-0.1, -0.05) is 23.7 Å². The fourth-order valence-corrected chi connectivity index (χ4v) is 3.39. The van der Waals surface area contributed by atoms with Gasteiger partial charge in [-0.15, -0.1) is 0 Å². The number of nitrogens with one attached hydrogen (secondary N) is 1. The predicted molar refractivity (Wildman–Crippen MR) is 108 cm³/mol. The maximum atomic E-state index is 13.1. The van der Waals surface area contributed by atoms with Crippen LogP contribution in [0.25, 0.3) is 5.57 Å². The lowest BCUT2D eigenvalue weighted by Crippen LogP contribution is -2.33. The summed E-state index contributed by atoms with van der Waals surface area (Å²) < 4.78 is 15.8. The van der Waals surface area contributed by atoms with Crippen molar-refractivity contribution in [3.63, 3.8) is 0 Å². The van der Waals surface area contributed by atoms with Gasteiger partial charge >= 0.3 is 0 Å². The highest BCUT2D eigenvalue weighted by Crippen LogP contribution is 2.36. The summed E-state index contributed by atoms with van der Waals surface area (Å²) in [6.45, 7) is 0.884. The second-order valence-electron chi connectivity index (χ2n) is 6.56. The summed E-state index contributed by atoms with van der Waals surface area (Å²) in [4.78, 5) is 27.4. The summed E-state index contributed by atoms with van der Waals surface area (Å²) in [6.07, 6.45) is 0.555. The first-order chi connectivity index (χ1) is 14.1. The van der Waals surface area contributed by atoms with Gasteiger partial charge in [0, 0.05) is 37.0 Å². The first kappa shape index (κ1) is 19.3. The van der Waals surface area contributed by atoms with Gasteiger partial charge in [0.25, 0.3) is 11.8 Å². The van der Waals surface area contributed by atoms with Crippen LogP contribution < -0.4 is 14.8 Å². The summed E-state index contributed by atoms with van der Waals surface area (Å²) in [5.74, 6) is 0.486. The number of carbonyl (C=O) groups is 2. The van der Waals surface area contributed by atoms with Crippen LogP contribution in [0.1, 0.15) is 12.0 Å². The van der Waals surface area contributed by atoms with Gasteiger partial charge in [-0.05, 0) is 36.2 Å². The lowest BCUT2D eigenvalue weighted by atomic mass is 10.0. The van der Waals surface area contributed by atoms with Crippen LogP contribution in [0.2, 0.25) is 5.02 Å². The summed E-state index contributed by atoms with van der Waals surface area (Å²) in [5, 5.41) is 3.65. The average Bonchev–Trinajstić information content (AvgIpc) is 3.27. The molecule has 8 heteroatoms. The zero-order valence-corrected chi connectivity index (χ0v) is 16.5. The fourth-order valence-electron chi connectivity index (χ4n) is 3.27. The molecule has 0 saturated heterocycles. The molecule has 29 heavy (non-hydrogen) atoms. The number of halogens is 1. The number of hydrogen-bond acceptors (Lipinski definition) is 6. The van der Waals surface area contributed by atoms with Gasteiger partial charge in [0.15, 0.2) is 11.5 Å². The maximum Gasteiger partial charge on any atom is 0.278 e. The normalized spacial score (nSPS) is 15.4. The second kappa shape index (κ2) is 8.14. The largest absolute Gasteiger partial charge is 0.454 e. The van der Waals surface area contributed by atoms with Gasteiger partial charge in [0.1, 0.15) is 5.70 Å². The van der Waals surface area contributed by atoms with Gasteiger partial charge in [-0.25, -0.2) is 0 Å². The third-order valence-electron chi connectivity index (χ3n) is 4.67. The van der Waals surface area contributed by atoms with Crippen LogP contribution in [0.4, 0.5) is 5.69 Å². The van der Waals surface area contributed by atoms with Gasteiger partial charge in [0.05, 0.1) is 5.57 Å². The fraction of sp³-hybridized carbons (Fsp3) is 0.238. The molecule has 2 amide bonds. The van der Waals surface area contributed by atoms with Crippen molar-refractivity contribution >= 4 is 34.7 Å². The van der Waals surface area contributed by atoms with E-state index >= 15 is 0 Å². The van der Waals surface area contributed by atoms with E-state index in [9.17, 15) is 9.59 Å². The minimum atomic E-state index is -0.381. The highest BCUT2D eigenvalue weighted by Gasteiger charge is 2.39. The number of anilines is 1. The number of methoxy groups -OCH3 is 1. The SMILES string of the molecule is COCCCN1C(=O)C(Nc2ccc3c(c2)OCO3)=C(c2ccc(Cl)cc2)C1=O. The molecule has 150 valence electrons. The van der Waals surface area contributed by atoms with Crippen LogP contribution in [0, 0.1) is 0 Å². The molecule has 0 unspecified atom stereocenters. The molecule has 0 aromatic heterocycles. The molecule has 1 N–H and O–H groups in total. The van der Waals surface area contributed by atoms with E-state index in [0.717, 1.165) is 0 Å². The van der Waals surface area contributed by atoms with Crippen molar-refractivity contribution in [1.82, 2.24) is 4.90 Å². The highest BCUT2D eigenvalue weighted by molar-refractivity contribution is 6.36. The van der Waals surface area contributed by atoms with E-state index in [1.165, 1.54) is 4.90 Å². The summed E-state index contributed by atoms with van der Waals surface area (Å²) in [5.41, 5.74) is 1.76. The molecule has 4 rings (SSSR count). The van der Waals surface area contributed by atoms with E-state index in [1.54, 1.807) is 49.6 Å². The van der Waals surface area contributed by atoms with Gasteiger partial charge < -0.3 is 19.5 Å². The Bertz CT molecular complexity index is 987.